The first kappa shape index (κ1) is 16.6. The van der Waals surface area contributed by atoms with Gasteiger partial charge in [0.05, 0.1) is 4.91 Å². The molecule has 0 N–H and O–H groups in total. The molecule has 1 saturated heterocycles. The first-order chi connectivity index (χ1) is 10.2. The van der Waals surface area contributed by atoms with Gasteiger partial charge in [-0.2, -0.15) is 0 Å². The molecule has 0 radical (unpaired) electrons. The van der Waals surface area contributed by atoms with Crippen LogP contribution in [0.3, 0.4) is 0 Å². The van der Waals surface area contributed by atoms with Crippen molar-refractivity contribution < 1.29 is 9.59 Å². The van der Waals surface area contributed by atoms with Crippen molar-refractivity contribution in [2.75, 3.05) is 6.54 Å². The van der Waals surface area contributed by atoms with Crippen molar-refractivity contribution in [3.8, 4) is 0 Å². The van der Waals surface area contributed by atoms with Crippen LogP contribution < -0.4 is 0 Å². The van der Waals surface area contributed by atoms with Crippen LogP contribution in [0.2, 0.25) is 0 Å². The Labute approximate surface area is 135 Å². The molecule has 2 rings (SSSR count). The van der Waals surface area contributed by atoms with Gasteiger partial charge in [0.15, 0.2) is 0 Å². The Bertz CT molecular complexity index is 678. The van der Waals surface area contributed by atoms with Crippen LogP contribution in [0.15, 0.2) is 23.6 Å². The number of aromatic nitrogens is 1. The van der Waals surface area contributed by atoms with E-state index in [0.717, 1.165) is 28.7 Å². The van der Waals surface area contributed by atoms with Gasteiger partial charge in [0.1, 0.15) is 0 Å². The Morgan fingerprint density at radius 3 is 2.41 bits per heavy atom. The molecule has 1 aromatic heterocycles. The predicted octanol–water partition coefficient (Wildman–Crippen LogP) is 4.08. The number of rotatable bonds is 3. The number of carbonyl (C=O) groups is 2. The van der Waals surface area contributed by atoms with Gasteiger partial charge in [-0.3, -0.25) is 14.5 Å². The average Bonchev–Trinajstić information content (AvgIpc) is 2.81. The topological polar surface area (TPSA) is 42.3 Å². The highest BCUT2D eigenvalue weighted by Crippen LogP contribution is 2.34. The SMILES string of the molecule is C=CCN1C(=O)S/C(=C/c2cc(C)n(C(C)(C)C)c2C)C1=O. The molecule has 118 valence electrons. The molecule has 0 spiro atoms. The Hall–Kier alpha value is -1.75. The smallest absolute Gasteiger partial charge is 0.293 e. The number of amides is 2. The van der Waals surface area contributed by atoms with Crippen molar-refractivity contribution >= 4 is 29.0 Å². The first-order valence-electron chi connectivity index (χ1n) is 7.22. The maximum atomic E-state index is 12.3. The summed E-state index contributed by atoms with van der Waals surface area (Å²) in [6.45, 7) is 14.4. The van der Waals surface area contributed by atoms with E-state index in [0.29, 0.717) is 4.91 Å². The van der Waals surface area contributed by atoms with Crippen LogP contribution >= 0.6 is 11.8 Å². The van der Waals surface area contributed by atoms with Gasteiger partial charge in [-0.25, -0.2) is 0 Å². The molecule has 1 aromatic rings. The van der Waals surface area contributed by atoms with E-state index in [1.807, 2.05) is 13.0 Å². The number of imide groups is 1. The summed E-state index contributed by atoms with van der Waals surface area (Å²) in [6, 6.07) is 2.06. The van der Waals surface area contributed by atoms with Crippen LogP contribution in [0, 0.1) is 13.8 Å². The number of thioether (sulfide) groups is 1. The summed E-state index contributed by atoms with van der Waals surface area (Å²) in [5.41, 5.74) is 3.20. The number of aryl methyl sites for hydroxylation is 1. The molecule has 2 amide bonds. The summed E-state index contributed by atoms with van der Waals surface area (Å²) < 4.78 is 2.24. The second-order valence-electron chi connectivity index (χ2n) is 6.41. The van der Waals surface area contributed by atoms with Crippen molar-refractivity contribution in [2.24, 2.45) is 0 Å². The molecule has 0 aliphatic carbocycles. The lowest BCUT2D eigenvalue weighted by molar-refractivity contribution is -0.122. The molecular formula is C17H22N2O2S. The highest BCUT2D eigenvalue weighted by atomic mass is 32.2. The van der Waals surface area contributed by atoms with Crippen molar-refractivity contribution in [3.63, 3.8) is 0 Å². The third kappa shape index (κ3) is 2.90. The second-order valence-corrected chi connectivity index (χ2v) is 7.41. The van der Waals surface area contributed by atoms with E-state index in [1.165, 1.54) is 4.90 Å². The molecule has 0 bridgehead atoms. The van der Waals surface area contributed by atoms with Crippen molar-refractivity contribution in [1.29, 1.82) is 0 Å². The van der Waals surface area contributed by atoms with E-state index in [1.54, 1.807) is 6.08 Å². The molecule has 1 aliphatic rings. The standard InChI is InChI=1S/C17H22N2O2S/c1-7-8-18-15(20)14(22-16(18)21)10-13-9-11(2)19(12(13)3)17(4,5)6/h7,9-10H,1,8H2,2-6H3/b14-10+. The molecule has 0 atom stereocenters. The molecule has 0 saturated carbocycles. The molecule has 1 aliphatic heterocycles. The maximum Gasteiger partial charge on any atom is 0.293 e. The number of hydrogen-bond acceptors (Lipinski definition) is 3. The third-order valence-electron chi connectivity index (χ3n) is 3.61. The summed E-state index contributed by atoms with van der Waals surface area (Å²) in [4.78, 5) is 25.8. The summed E-state index contributed by atoms with van der Waals surface area (Å²) in [5, 5.41) is -0.235. The Morgan fingerprint density at radius 1 is 1.27 bits per heavy atom. The fraction of sp³-hybridized carbons (Fsp3) is 0.412. The lowest BCUT2D eigenvalue weighted by Gasteiger charge is -2.25. The zero-order valence-electron chi connectivity index (χ0n) is 13.8. The lowest BCUT2D eigenvalue weighted by atomic mass is 10.1. The van der Waals surface area contributed by atoms with E-state index >= 15 is 0 Å². The van der Waals surface area contributed by atoms with Crippen molar-refractivity contribution in [2.45, 2.75) is 40.2 Å². The Balaban J connectivity index is 2.41. The molecule has 1 fully saturated rings. The van der Waals surface area contributed by atoms with Gasteiger partial charge < -0.3 is 4.57 Å². The van der Waals surface area contributed by atoms with E-state index in [2.05, 4.69) is 44.9 Å². The number of hydrogen-bond donors (Lipinski definition) is 0. The van der Waals surface area contributed by atoms with E-state index in [4.69, 9.17) is 0 Å². The lowest BCUT2D eigenvalue weighted by Crippen LogP contribution is -2.27. The van der Waals surface area contributed by atoms with Crippen LogP contribution in [0.25, 0.3) is 6.08 Å². The van der Waals surface area contributed by atoms with E-state index in [9.17, 15) is 9.59 Å². The van der Waals surface area contributed by atoms with Gasteiger partial charge in [0, 0.05) is 23.5 Å². The summed E-state index contributed by atoms with van der Waals surface area (Å²) in [5.74, 6) is -0.240. The minimum absolute atomic E-state index is 0.0254. The Morgan fingerprint density at radius 2 is 1.91 bits per heavy atom. The van der Waals surface area contributed by atoms with Crippen LogP contribution in [-0.2, 0) is 10.3 Å². The monoisotopic (exact) mass is 318 g/mol. The molecule has 0 aromatic carbocycles. The highest BCUT2D eigenvalue weighted by Gasteiger charge is 2.34. The van der Waals surface area contributed by atoms with Crippen LogP contribution in [0.4, 0.5) is 4.79 Å². The molecule has 0 unspecified atom stereocenters. The molecule has 4 nitrogen and oxygen atoms in total. The average molecular weight is 318 g/mol. The van der Waals surface area contributed by atoms with Gasteiger partial charge in [-0.15, -0.1) is 6.58 Å². The molecule has 22 heavy (non-hydrogen) atoms. The van der Waals surface area contributed by atoms with Gasteiger partial charge in [-0.05, 0) is 64.1 Å². The van der Waals surface area contributed by atoms with E-state index < -0.39 is 0 Å². The largest absolute Gasteiger partial charge is 0.343 e. The third-order valence-corrected chi connectivity index (χ3v) is 4.52. The molecule has 2 heterocycles. The summed E-state index contributed by atoms with van der Waals surface area (Å²) in [7, 11) is 0. The van der Waals surface area contributed by atoms with Crippen molar-refractivity contribution in [3.05, 3.63) is 40.6 Å². The van der Waals surface area contributed by atoms with Gasteiger partial charge in [-0.1, -0.05) is 6.08 Å². The van der Waals surface area contributed by atoms with Crippen LogP contribution in [0.1, 0.15) is 37.7 Å². The van der Waals surface area contributed by atoms with E-state index in [-0.39, 0.29) is 23.2 Å². The summed E-state index contributed by atoms with van der Waals surface area (Å²) >= 11 is 0.989. The fourth-order valence-corrected chi connectivity index (χ4v) is 3.73. The fourth-order valence-electron chi connectivity index (χ4n) is 2.89. The predicted molar refractivity (Wildman–Crippen MR) is 91.8 cm³/mol. The van der Waals surface area contributed by atoms with Crippen LogP contribution in [0.5, 0.6) is 0 Å². The summed E-state index contributed by atoms with van der Waals surface area (Å²) in [6.07, 6.45) is 3.38. The maximum absolute atomic E-state index is 12.3. The number of nitrogens with zero attached hydrogens (tertiary/aromatic N) is 2. The van der Waals surface area contributed by atoms with Crippen LogP contribution in [-0.4, -0.2) is 27.2 Å². The van der Waals surface area contributed by atoms with Gasteiger partial charge in [0.2, 0.25) is 0 Å². The quantitative estimate of drug-likeness (QED) is 0.623. The highest BCUT2D eigenvalue weighted by molar-refractivity contribution is 8.18. The molecular weight excluding hydrogens is 296 g/mol. The zero-order valence-corrected chi connectivity index (χ0v) is 14.6. The first-order valence-corrected chi connectivity index (χ1v) is 8.04. The van der Waals surface area contributed by atoms with Gasteiger partial charge >= 0.3 is 0 Å². The normalized spacial score (nSPS) is 17.7. The van der Waals surface area contributed by atoms with Gasteiger partial charge in [0.25, 0.3) is 11.1 Å². The molecule has 5 heteroatoms. The minimum Gasteiger partial charge on any atom is -0.343 e. The second kappa shape index (κ2) is 5.80. The zero-order chi connectivity index (χ0) is 16.7. The Kier molecular flexibility index (Phi) is 4.38. The van der Waals surface area contributed by atoms with Crippen molar-refractivity contribution in [1.82, 2.24) is 9.47 Å². The minimum atomic E-state index is -0.240. The number of carbonyl (C=O) groups excluding carboxylic acids is 2.